The summed E-state index contributed by atoms with van der Waals surface area (Å²) in [5.74, 6) is -0.405. The zero-order valence-corrected chi connectivity index (χ0v) is 9.33. The zero-order chi connectivity index (χ0) is 12.0. The number of nitrogens with zero attached hydrogens (tertiary/aromatic N) is 1. The van der Waals surface area contributed by atoms with Crippen LogP contribution in [0.1, 0.15) is 30.7 Å². The maximum atomic E-state index is 12.1. The van der Waals surface area contributed by atoms with Crippen LogP contribution in [-0.2, 0) is 4.79 Å². The summed E-state index contributed by atoms with van der Waals surface area (Å²) in [6.45, 7) is 0. The molecule has 3 rings (SSSR count). The Morgan fingerprint density at radius 2 is 1.94 bits per heavy atom. The van der Waals surface area contributed by atoms with Crippen LogP contribution in [0.5, 0.6) is 0 Å². The molecule has 0 spiro atoms. The summed E-state index contributed by atoms with van der Waals surface area (Å²) < 4.78 is 0. The minimum absolute atomic E-state index is 0.0471. The smallest absolute Gasteiger partial charge is 0.287 e. The van der Waals surface area contributed by atoms with Gasteiger partial charge in [-0.15, -0.1) is 0 Å². The zero-order valence-electron chi connectivity index (χ0n) is 9.33. The quantitative estimate of drug-likeness (QED) is 0.589. The molecule has 0 aliphatic heterocycles. The van der Waals surface area contributed by atoms with Gasteiger partial charge in [-0.2, -0.15) is 0 Å². The van der Waals surface area contributed by atoms with Crippen LogP contribution in [0.25, 0.3) is 0 Å². The molecule has 0 unspecified atom stereocenters. The SMILES string of the molecule is O=C(C1CC1)[C@@]1([N+](=O)[O-])C[C@H]1c1ccccc1. The second-order valence-corrected chi connectivity index (χ2v) is 4.99. The highest BCUT2D eigenvalue weighted by Crippen LogP contribution is 2.57. The summed E-state index contributed by atoms with van der Waals surface area (Å²) in [5.41, 5.74) is -0.388. The van der Waals surface area contributed by atoms with Crippen LogP contribution in [0, 0.1) is 16.0 Å². The molecule has 2 atom stereocenters. The molecule has 0 heterocycles. The molecular weight excluding hydrogens is 218 g/mol. The number of Topliss-reactive ketones (excluding diaryl/α,β-unsaturated/α-hetero) is 1. The molecule has 1 aromatic rings. The van der Waals surface area contributed by atoms with Crippen LogP contribution in [0.2, 0.25) is 0 Å². The number of nitro groups is 1. The van der Waals surface area contributed by atoms with Crippen molar-refractivity contribution < 1.29 is 9.72 Å². The first-order chi connectivity index (χ1) is 8.16. The van der Waals surface area contributed by atoms with E-state index in [2.05, 4.69) is 0 Å². The molecule has 1 aromatic carbocycles. The maximum absolute atomic E-state index is 12.1. The first-order valence-corrected chi connectivity index (χ1v) is 5.90. The van der Waals surface area contributed by atoms with Crippen molar-refractivity contribution in [3.05, 3.63) is 46.0 Å². The molecule has 0 saturated heterocycles. The lowest BCUT2D eigenvalue weighted by Gasteiger charge is -2.07. The van der Waals surface area contributed by atoms with Gasteiger partial charge in [0.25, 0.3) is 5.54 Å². The third-order valence-electron chi connectivity index (χ3n) is 3.83. The first kappa shape index (κ1) is 10.4. The number of hydrogen-bond donors (Lipinski definition) is 0. The van der Waals surface area contributed by atoms with E-state index >= 15 is 0 Å². The highest BCUT2D eigenvalue weighted by molar-refractivity contribution is 5.95. The number of hydrogen-bond acceptors (Lipinski definition) is 3. The van der Waals surface area contributed by atoms with Gasteiger partial charge in [-0.25, -0.2) is 0 Å². The van der Waals surface area contributed by atoms with E-state index in [0.29, 0.717) is 6.42 Å². The molecule has 0 radical (unpaired) electrons. The lowest BCUT2D eigenvalue weighted by molar-refractivity contribution is -0.524. The van der Waals surface area contributed by atoms with E-state index in [0.717, 1.165) is 18.4 Å². The summed E-state index contributed by atoms with van der Waals surface area (Å²) in [6, 6.07) is 9.34. The Balaban J connectivity index is 1.90. The molecule has 0 N–H and O–H groups in total. The van der Waals surface area contributed by atoms with Gasteiger partial charge in [0.2, 0.25) is 5.78 Å². The summed E-state index contributed by atoms with van der Waals surface area (Å²) >= 11 is 0. The lowest BCUT2D eigenvalue weighted by atomic mass is 10.0. The second-order valence-electron chi connectivity index (χ2n) is 4.99. The van der Waals surface area contributed by atoms with Crippen LogP contribution in [0.4, 0.5) is 0 Å². The van der Waals surface area contributed by atoms with E-state index in [-0.39, 0.29) is 22.5 Å². The third kappa shape index (κ3) is 1.47. The van der Waals surface area contributed by atoms with Gasteiger partial charge in [0.1, 0.15) is 0 Å². The summed E-state index contributed by atoms with van der Waals surface area (Å²) in [7, 11) is 0. The Morgan fingerprint density at radius 1 is 1.29 bits per heavy atom. The first-order valence-electron chi connectivity index (χ1n) is 5.90. The molecule has 2 aliphatic carbocycles. The van der Waals surface area contributed by atoms with E-state index in [1.165, 1.54) is 0 Å². The minimum Gasteiger partial charge on any atom is -0.291 e. The van der Waals surface area contributed by atoms with Crippen molar-refractivity contribution in [1.29, 1.82) is 0 Å². The largest absolute Gasteiger partial charge is 0.291 e. The van der Waals surface area contributed by atoms with Crippen LogP contribution in [0.15, 0.2) is 30.3 Å². The predicted molar refractivity (Wildman–Crippen MR) is 61.3 cm³/mol. The van der Waals surface area contributed by atoms with Crippen LogP contribution < -0.4 is 0 Å². The lowest BCUT2D eigenvalue weighted by Crippen LogP contribution is -2.35. The van der Waals surface area contributed by atoms with Crippen LogP contribution >= 0.6 is 0 Å². The molecule has 4 nitrogen and oxygen atoms in total. The molecule has 2 aliphatic rings. The van der Waals surface area contributed by atoms with Crippen molar-refractivity contribution in [3.8, 4) is 0 Å². The molecule has 2 fully saturated rings. The summed E-state index contributed by atoms with van der Waals surface area (Å²) in [6.07, 6.45) is 2.03. The maximum Gasteiger partial charge on any atom is 0.287 e. The average molecular weight is 231 g/mol. The Hall–Kier alpha value is -1.71. The van der Waals surface area contributed by atoms with Crippen molar-refractivity contribution >= 4 is 5.78 Å². The Labute approximate surface area is 98.8 Å². The monoisotopic (exact) mass is 231 g/mol. The number of ketones is 1. The standard InChI is InChI=1S/C13H13NO3/c15-12(10-6-7-10)13(14(16)17)8-11(13)9-4-2-1-3-5-9/h1-5,10-11H,6-8H2/t11-,13+/m0/s1. The molecule has 0 amide bonds. The van der Waals surface area contributed by atoms with E-state index in [1.807, 2.05) is 30.3 Å². The van der Waals surface area contributed by atoms with Gasteiger partial charge in [-0.1, -0.05) is 30.3 Å². The number of carbonyl (C=O) groups is 1. The fourth-order valence-corrected chi connectivity index (χ4v) is 2.59. The van der Waals surface area contributed by atoms with Crippen LogP contribution in [-0.4, -0.2) is 16.2 Å². The molecule has 0 bridgehead atoms. The van der Waals surface area contributed by atoms with Gasteiger partial charge in [0.05, 0.1) is 5.92 Å². The normalized spacial score (nSPS) is 30.9. The van der Waals surface area contributed by atoms with Crippen molar-refractivity contribution in [1.82, 2.24) is 0 Å². The third-order valence-corrected chi connectivity index (χ3v) is 3.83. The fourth-order valence-electron chi connectivity index (χ4n) is 2.59. The number of benzene rings is 1. The van der Waals surface area contributed by atoms with E-state index < -0.39 is 5.54 Å². The molecule has 88 valence electrons. The summed E-state index contributed by atoms with van der Waals surface area (Å²) in [5, 5.41) is 11.2. The highest BCUT2D eigenvalue weighted by atomic mass is 16.6. The molecular formula is C13H13NO3. The number of rotatable bonds is 4. The van der Waals surface area contributed by atoms with E-state index in [9.17, 15) is 14.9 Å². The molecule has 0 aromatic heterocycles. The molecule has 4 heteroatoms. The number of carbonyl (C=O) groups excluding carboxylic acids is 1. The van der Waals surface area contributed by atoms with Gasteiger partial charge >= 0.3 is 0 Å². The fraction of sp³-hybridized carbons (Fsp3) is 0.462. The Kier molecular flexibility index (Phi) is 2.08. The van der Waals surface area contributed by atoms with Crippen molar-refractivity contribution in [2.24, 2.45) is 5.92 Å². The van der Waals surface area contributed by atoms with Gasteiger partial charge < -0.3 is 0 Å². The van der Waals surface area contributed by atoms with Crippen LogP contribution in [0.3, 0.4) is 0 Å². The topological polar surface area (TPSA) is 60.2 Å². The Morgan fingerprint density at radius 3 is 2.47 bits per heavy atom. The van der Waals surface area contributed by atoms with Gasteiger partial charge in [-0.05, 0) is 18.4 Å². The minimum atomic E-state index is -1.30. The highest BCUT2D eigenvalue weighted by Gasteiger charge is 2.73. The predicted octanol–water partition coefficient (Wildman–Crippen LogP) is 2.17. The molecule has 17 heavy (non-hydrogen) atoms. The van der Waals surface area contributed by atoms with Gasteiger partial charge in [-0.3, -0.25) is 14.9 Å². The van der Waals surface area contributed by atoms with Crippen molar-refractivity contribution in [3.63, 3.8) is 0 Å². The molecule has 2 saturated carbocycles. The Bertz CT molecular complexity index is 481. The van der Waals surface area contributed by atoms with Gasteiger partial charge in [0.15, 0.2) is 0 Å². The van der Waals surface area contributed by atoms with Gasteiger partial charge in [0, 0.05) is 17.3 Å². The second kappa shape index (κ2) is 3.39. The summed E-state index contributed by atoms with van der Waals surface area (Å²) in [4.78, 5) is 22.9. The van der Waals surface area contributed by atoms with E-state index in [1.54, 1.807) is 0 Å². The van der Waals surface area contributed by atoms with E-state index in [4.69, 9.17) is 0 Å². The van der Waals surface area contributed by atoms with Crippen molar-refractivity contribution in [2.75, 3.05) is 0 Å². The average Bonchev–Trinajstić information content (AvgIpc) is 3.22. The van der Waals surface area contributed by atoms with Crippen molar-refractivity contribution in [2.45, 2.75) is 30.7 Å².